The number of likely N-dealkylation sites (tertiary alicyclic amines) is 1. The fourth-order valence-corrected chi connectivity index (χ4v) is 5.20. The number of imide groups is 1. The molecule has 1 fully saturated rings. The van der Waals surface area contributed by atoms with Crippen LogP contribution in [0.15, 0.2) is 48.2 Å². The zero-order chi connectivity index (χ0) is 23.9. The van der Waals surface area contributed by atoms with Crippen LogP contribution in [0, 0.1) is 25.7 Å². The van der Waals surface area contributed by atoms with Crippen molar-refractivity contribution in [1.82, 2.24) is 4.90 Å². The summed E-state index contributed by atoms with van der Waals surface area (Å²) in [6, 6.07) is 13.4. The van der Waals surface area contributed by atoms with Crippen molar-refractivity contribution in [2.24, 2.45) is 11.8 Å². The molecule has 5 nitrogen and oxygen atoms in total. The number of carbonyl (C=O) groups excluding carboxylic acids is 2. The number of anilines is 1. The van der Waals surface area contributed by atoms with Crippen molar-refractivity contribution in [3.63, 3.8) is 0 Å². The van der Waals surface area contributed by atoms with E-state index in [1.54, 1.807) is 0 Å². The maximum Gasteiger partial charge on any atom is 0.282 e. The molecular weight excluding hydrogens is 412 g/mol. The molecule has 2 atom stereocenters. The number of nitrogens with zero attached hydrogens (tertiary/aromatic N) is 2. The molecule has 0 bridgehead atoms. The first-order valence-corrected chi connectivity index (χ1v) is 11.9. The average molecular weight is 447 g/mol. The summed E-state index contributed by atoms with van der Waals surface area (Å²) in [6.45, 7) is 13.9. The van der Waals surface area contributed by atoms with E-state index >= 15 is 0 Å². The van der Waals surface area contributed by atoms with Crippen LogP contribution in [-0.2, 0) is 9.59 Å². The second-order valence-electron chi connectivity index (χ2n) is 10.1. The minimum absolute atomic E-state index is 0.0664. The highest BCUT2D eigenvalue weighted by Gasteiger charge is 2.43. The Balaban J connectivity index is 1.80. The molecule has 1 saturated heterocycles. The number of ether oxygens (including phenoxy) is 1. The highest BCUT2D eigenvalue weighted by Crippen LogP contribution is 2.38. The molecule has 2 unspecified atom stereocenters. The SMILES string of the molecule is Cc1cc(C)cc(N2C(=O)C(c3ccc(OC(C)C)cc3)=C(N3CC(C)CC(C)C3)C2=O)c1. The van der Waals surface area contributed by atoms with Crippen LogP contribution in [0.5, 0.6) is 5.75 Å². The molecule has 0 radical (unpaired) electrons. The maximum absolute atomic E-state index is 13.8. The number of piperidine rings is 1. The second-order valence-corrected chi connectivity index (χ2v) is 10.1. The summed E-state index contributed by atoms with van der Waals surface area (Å²) < 4.78 is 5.78. The van der Waals surface area contributed by atoms with Gasteiger partial charge in [-0.2, -0.15) is 0 Å². The van der Waals surface area contributed by atoms with Crippen LogP contribution in [0.4, 0.5) is 5.69 Å². The van der Waals surface area contributed by atoms with Crippen LogP contribution < -0.4 is 9.64 Å². The van der Waals surface area contributed by atoms with Gasteiger partial charge in [0.1, 0.15) is 11.4 Å². The molecule has 0 spiro atoms. The monoisotopic (exact) mass is 446 g/mol. The van der Waals surface area contributed by atoms with Crippen molar-refractivity contribution in [3.8, 4) is 5.75 Å². The predicted octanol–water partition coefficient (Wildman–Crippen LogP) is 5.35. The maximum atomic E-state index is 13.8. The van der Waals surface area contributed by atoms with E-state index in [0.717, 1.165) is 42.0 Å². The van der Waals surface area contributed by atoms with Crippen molar-refractivity contribution in [2.75, 3.05) is 18.0 Å². The number of hydrogen-bond donors (Lipinski definition) is 0. The van der Waals surface area contributed by atoms with Crippen LogP contribution in [0.25, 0.3) is 5.57 Å². The molecule has 2 aliphatic heterocycles. The fourth-order valence-electron chi connectivity index (χ4n) is 5.20. The van der Waals surface area contributed by atoms with Gasteiger partial charge in [0, 0.05) is 13.1 Å². The average Bonchev–Trinajstić information content (AvgIpc) is 2.97. The lowest BCUT2D eigenvalue weighted by Crippen LogP contribution is -2.42. The van der Waals surface area contributed by atoms with E-state index in [-0.39, 0.29) is 17.9 Å². The Labute approximate surface area is 197 Å². The summed E-state index contributed by atoms with van der Waals surface area (Å²) in [7, 11) is 0. The minimum Gasteiger partial charge on any atom is -0.491 e. The summed E-state index contributed by atoms with van der Waals surface area (Å²) >= 11 is 0. The van der Waals surface area contributed by atoms with E-state index in [4.69, 9.17) is 4.74 Å². The van der Waals surface area contributed by atoms with Gasteiger partial charge >= 0.3 is 0 Å². The Morgan fingerprint density at radius 1 is 0.879 bits per heavy atom. The summed E-state index contributed by atoms with van der Waals surface area (Å²) in [6.07, 6.45) is 1.19. The third-order valence-corrected chi connectivity index (χ3v) is 6.22. The summed E-state index contributed by atoms with van der Waals surface area (Å²) in [5, 5.41) is 0. The molecule has 5 heteroatoms. The van der Waals surface area contributed by atoms with E-state index < -0.39 is 0 Å². The van der Waals surface area contributed by atoms with Gasteiger partial charge in [0.05, 0.1) is 17.4 Å². The lowest BCUT2D eigenvalue weighted by molar-refractivity contribution is -0.120. The lowest BCUT2D eigenvalue weighted by Gasteiger charge is -2.37. The van der Waals surface area contributed by atoms with E-state index in [2.05, 4.69) is 18.7 Å². The van der Waals surface area contributed by atoms with Gasteiger partial charge in [-0.05, 0) is 86.9 Å². The minimum atomic E-state index is -0.261. The molecule has 2 aromatic carbocycles. The third kappa shape index (κ3) is 4.68. The van der Waals surface area contributed by atoms with E-state index in [1.807, 2.05) is 70.2 Å². The first-order chi connectivity index (χ1) is 15.6. The van der Waals surface area contributed by atoms with Crippen LogP contribution >= 0.6 is 0 Å². The van der Waals surface area contributed by atoms with Gasteiger partial charge in [0.2, 0.25) is 0 Å². The molecule has 4 rings (SSSR count). The number of hydrogen-bond acceptors (Lipinski definition) is 4. The van der Waals surface area contributed by atoms with Gasteiger partial charge in [0.15, 0.2) is 0 Å². The first kappa shape index (κ1) is 23.1. The van der Waals surface area contributed by atoms with Gasteiger partial charge in [-0.3, -0.25) is 9.59 Å². The Hall–Kier alpha value is -3.08. The Bertz CT molecular complexity index is 1070. The highest BCUT2D eigenvalue weighted by atomic mass is 16.5. The Morgan fingerprint density at radius 3 is 2.00 bits per heavy atom. The predicted molar refractivity (Wildman–Crippen MR) is 132 cm³/mol. The third-order valence-electron chi connectivity index (χ3n) is 6.22. The molecule has 0 aliphatic carbocycles. The Kier molecular flexibility index (Phi) is 6.33. The van der Waals surface area contributed by atoms with Gasteiger partial charge in [0.25, 0.3) is 11.8 Å². The molecule has 174 valence electrons. The topological polar surface area (TPSA) is 49.9 Å². The normalized spacial score (nSPS) is 21.4. The van der Waals surface area contributed by atoms with Gasteiger partial charge in [-0.15, -0.1) is 0 Å². The van der Waals surface area contributed by atoms with Gasteiger partial charge in [-0.1, -0.05) is 32.0 Å². The summed E-state index contributed by atoms with van der Waals surface area (Å²) in [4.78, 5) is 31.1. The van der Waals surface area contributed by atoms with Gasteiger partial charge in [-0.25, -0.2) is 4.90 Å². The van der Waals surface area contributed by atoms with Crippen LogP contribution in [-0.4, -0.2) is 35.9 Å². The zero-order valence-electron chi connectivity index (χ0n) is 20.5. The smallest absolute Gasteiger partial charge is 0.282 e. The largest absolute Gasteiger partial charge is 0.491 e. The number of rotatable bonds is 5. The molecule has 0 N–H and O–H groups in total. The lowest BCUT2D eigenvalue weighted by atomic mass is 9.91. The molecular formula is C28H34N2O3. The number of amides is 2. The van der Waals surface area contributed by atoms with Crippen molar-refractivity contribution in [1.29, 1.82) is 0 Å². The number of benzene rings is 2. The molecule has 33 heavy (non-hydrogen) atoms. The quantitative estimate of drug-likeness (QED) is 0.581. The second kappa shape index (κ2) is 9.05. The van der Waals surface area contributed by atoms with E-state index in [9.17, 15) is 9.59 Å². The van der Waals surface area contributed by atoms with Crippen molar-refractivity contribution in [2.45, 2.75) is 54.1 Å². The number of carbonyl (C=O) groups is 2. The van der Waals surface area contributed by atoms with Crippen molar-refractivity contribution >= 4 is 23.1 Å². The summed E-state index contributed by atoms with van der Waals surface area (Å²) in [5.41, 5.74) is 4.43. The molecule has 2 amide bonds. The molecule has 0 saturated carbocycles. The zero-order valence-corrected chi connectivity index (χ0v) is 20.5. The van der Waals surface area contributed by atoms with Gasteiger partial charge < -0.3 is 9.64 Å². The van der Waals surface area contributed by atoms with E-state index in [1.165, 1.54) is 4.90 Å². The molecule has 2 aromatic rings. The van der Waals surface area contributed by atoms with Crippen LogP contribution in [0.2, 0.25) is 0 Å². The fraction of sp³-hybridized carbons (Fsp3) is 0.429. The van der Waals surface area contributed by atoms with Crippen molar-refractivity contribution < 1.29 is 14.3 Å². The van der Waals surface area contributed by atoms with Crippen LogP contribution in [0.3, 0.4) is 0 Å². The molecule has 0 aromatic heterocycles. The van der Waals surface area contributed by atoms with E-state index in [0.29, 0.717) is 28.8 Å². The summed E-state index contributed by atoms with van der Waals surface area (Å²) in [5.74, 6) is 1.18. The first-order valence-electron chi connectivity index (χ1n) is 11.9. The van der Waals surface area contributed by atoms with Crippen LogP contribution in [0.1, 0.15) is 50.8 Å². The molecule has 2 heterocycles. The Morgan fingerprint density at radius 2 is 1.45 bits per heavy atom. The highest BCUT2D eigenvalue weighted by molar-refractivity contribution is 6.45. The van der Waals surface area contributed by atoms with Crippen molar-refractivity contribution in [3.05, 3.63) is 64.9 Å². The number of aryl methyl sites for hydroxylation is 2. The standard InChI is InChI=1S/C28H34N2O3/c1-17(2)33-24-9-7-22(8-10-24)25-26(29-15-20(5)12-21(6)16-29)28(32)30(27(25)31)23-13-18(3)11-19(4)14-23/h7-11,13-14,17,20-21H,12,15-16H2,1-6H3. The molecule has 2 aliphatic rings.